The highest BCUT2D eigenvalue weighted by atomic mass is 16.5. The zero-order valence-electron chi connectivity index (χ0n) is 9.47. The second-order valence-corrected chi connectivity index (χ2v) is 3.13. The Morgan fingerprint density at radius 3 is 2.12 bits per heavy atom. The molecule has 90 valence electrons. The lowest BCUT2D eigenvalue weighted by Gasteiger charge is -2.10. The number of benzene rings is 1. The fourth-order valence-electron chi connectivity index (χ4n) is 1.35. The van der Waals surface area contributed by atoms with E-state index in [1.165, 1.54) is 32.4 Å². The van der Waals surface area contributed by atoms with Crippen molar-refractivity contribution in [2.45, 2.75) is 0 Å². The van der Waals surface area contributed by atoms with E-state index in [9.17, 15) is 9.59 Å². The van der Waals surface area contributed by atoms with Crippen molar-refractivity contribution in [3.8, 4) is 11.5 Å². The molecule has 0 bridgehead atoms. The Morgan fingerprint density at radius 1 is 1.24 bits per heavy atom. The van der Waals surface area contributed by atoms with Gasteiger partial charge < -0.3 is 14.6 Å². The molecule has 1 rings (SSSR count). The third-order valence-corrected chi connectivity index (χ3v) is 2.09. The van der Waals surface area contributed by atoms with Crippen LogP contribution in [0.25, 0.3) is 6.08 Å². The monoisotopic (exact) mass is 236 g/mol. The molecule has 5 nitrogen and oxygen atoms in total. The van der Waals surface area contributed by atoms with Gasteiger partial charge in [0, 0.05) is 11.6 Å². The molecular formula is C12H12O5. The van der Waals surface area contributed by atoms with Crippen LogP contribution < -0.4 is 9.47 Å². The van der Waals surface area contributed by atoms with Crippen LogP contribution in [0.5, 0.6) is 11.5 Å². The summed E-state index contributed by atoms with van der Waals surface area (Å²) in [5, 5.41) is 8.58. The fourth-order valence-corrected chi connectivity index (χ4v) is 1.35. The first-order valence-electron chi connectivity index (χ1n) is 4.74. The van der Waals surface area contributed by atoms with Gasteiger partial charge in [0.15, 0.2) is 0 Å². The first-order chi connectivity index (χ1) is 8.12. The number of aldehydes is 1. The summed E-state index contributed by atoms with van der Waals surface area (Å²) in [4.78, 5) is 21.2. The highest BCUT2D eigenvalue weighted by molar-refractivity contribution is 5.88. The Balaban J connectivity index is 3.34. The van der Waals surface area contributed by atoms with Gasteiger partial charge in [-0.25, -0.2) is 4.79 Å². The Hall–Kier alpha value is -2.30. The Kier molecular flexibility index (Phi) is 4.28. The van der Waals surface area contributed by atoms with Crippen molar-refractivity contribution in [3.05, 3.63) is 29.3 Å². The maximum absolute atomic E-state index is 10.7. The van der Waals surface area contributed by atoms with Crippen LogP contribution >= 0.6 is 0 Å². The number of carbonyl (C=O) groups is 2. The number of carboxylic acids is 1. The molecule has 0 fully saturated rings. The van der Waals surface area contributed by atoms with Crippen molar-refractivity contribution in [3.63, 3.8) is 0 Å². The minimum Gasteiger partial charge on any atom is -0.496 e. The van der Waals surface area contributed by atoms with E-state index in [-0.39, 0.29) is 0 Å². The summed E-state index contributed by atoms with van der Waals surface area (Å²) in [6.45, 7) is 0. The van der Waals surface area contributed by atoms with E-state index in [2.05, 4.69) is 0 Å². The summed E-state index contributed by atoms with van der Waals surface area (Å²) in [7, 11) is 2.86. The quantitative estimate of drug-likeness (QED) is 0.621. The molecule has 5 heteroatoms. The summed E-state index contributed by atoms with van der Waals surface area (Å²) in [5.41, 5.74) is 0.870. The minimum atomic E-state index is -1.08. The molecule has 0 unspecified atom stereocenters. The average Bonchev–Trinajstić information content (AvgIpc) is 2.34. The number of methoxy groups -OCH3 is 2. The lowest BCUT2D eigenvalue weighted by atomic mass is 10.1. The van der Waals surface area contributed by atoms with Gasteiger partial charge in [-0.3, -0.25) is 4.79 Å². The molecule has 17 heavy (non-hydrogen) atoms. The number of hydrogen-bond donors (Lipinski definition) is 1. The summed E-state index contributed by atoms with van der Waals surface area (Å²) >= 11 is 0. The predicted molar refractivity (Wildman–Crippen MR) is 61.6 cm³/mol. The largest absolute Gasteiger partial charge is 0.496 e. The number of aliphatic carboxylic acids is 1. The van der Waals surface area contributed by atoms with Gasteiger partial charge >= 0.3 is 5.97 Å². The Labute approximate surface area is 98.3 Å². The van der Waals surface area contributed by atoms with E-state index in [0.717, 1.165) is 6.08 Å². The molecular weight excluding hydrogens is 224 g/mol. The zero-order valence-corrected chi connectivity index (χ0v) is 9.47. The van der Waals surface area contributed by atoms with Crippen LogP contribution in [0.1, 0.15) is 15.9 Å². The van der Waals surface area contributed by atoms with Gasteiger partial charge in [0.1, 0.15) is 17.8 Å². The van der Waals surface area contributed by atoms with Crippen LogP contribution in [0.4, 0.5) is 0 Å². The number of carbonyl (C=O) groups excluding carboxylic acids is 1. The van der Waals surface area contributed by atoms with Crippen LogP contribution in [0.15, 0.2) is 18.2 Å². The number of carboxylic acid groups (broad SMARTS) is 1. The third kappa shape index (κ3) is 3.07. The summed E-state index contributed by atoms with van der Waals surface area (Å²) < 4.78 is 10.2. The molecule has 1 aromatic rings. The van der Waals surface area contributed by atoms with Crippen LogP contribution in [0.3, 0.4) is 0 Å². The molecule has 1 N–H and O–H groups in total. The molecule has 0 saturated carbocycles. The second kappa shape index (κ2) is 5.69. The van der Waals surface area contributed by atoms with Gasteiger partial charge in [-0.15, -0.1) is 0 Å². The molecule has 0 saturated heterocycles. The summed E-state index contributed by atoms with van der Waals surface area (Å²) in [6, 6.07) is 3.02. The van der Waals surface area contributed by atoms with Gasteiger partial charge in [-0.05, 0) is 18.2 Å². The molecule has 0 amide bonds. The van der Waals surface area contributed by atoms with E-state index in [1.807, 2.05) is 0 Å². The minimum absolute atomic E-state index is 0.379. The van der Waals surface area contributed by atoms with Crippen molar-refractivity contribution >= 4 is 18.3 Å². The predicted octanol–water partition coefficient (Wildman–Crippen LogP) is 1.61. The van der Waals surface area contributed by atoms with Gasteiger partial charge in [0.25, 0.3) is 0 Å². The molecule has 0 aliphatic carbocycles. The third-order valence-electron chi connectivity index (χ3n) is 2.09. The summed E-state index contributed by atoms with van der Waals surface area (Å²) in [6.07, 6.45) is 2.99. The highest BCUT2D eigenvalue weighted by Crippen LogP contribution is 2.31. The van der Waals surface area contributed by atoms with E-state index in [1.54, 1.807) is 0 Å². The van der Waals surface area contributed by atoms with Crippen molar-refractivity contribution < 1.29 is 24.2 Å². The Bertz CT molecular complexity index is 437. The van der Waals surface area contributed by atoms with E-state index in [4.69, 9.17) is 14.6 Å². The Morgan fingerprint density at radius 2 is 1.76 bits per heavy atom. The highest BCUT2D eigenvalue weighted by Gasteiger charge is 2.10. The number of hydrogen-bond acceptors (Lipinski definition) is 4. The van der Waals surface area contributed by atoms with E-state index in [0.29, 0.717) is 28.9 Å². The lowest BCUT2D eigenvalue weighted by Crippen LogP contribution is -1.96. The van der Waals surface area contributed by atoms with Crippen molar-refractivity contribution in [1.29, 1.82) is 0 Å². The lowest BCUT2D eigenvalue weighted by molar-refractivity contribution is -0.131. The van der Waals surface area contributed by atoms with Crippen LogP contribution in [0, 0.1) is 0 Å². The van der Waals surface area contributed by atoms with Gasteiger partial charge in [-0.2, -0.15) is 0 Å². The maximum atomic E-state index is 10.7. The molecule has 1 aromatic carbocycles. The van der Waals surface area contributed by atoms with E-state index < -0.39 is 5.97 Å². The van der Waals surface area contributed by atoms with Gasteiger partial charge in [-0.1, -0.05) is 0 Å². The number of ether oxygens (including phenoxy) is 2. The SMILES string of the molecule is COc1cc(C=O)cc(OC)c1/C=C/C(=O)O. The summed E-state index contributed by atoms with van der Waals surface area (Å²) in [5.74, 6) is -0.318. The normalized spacial score (nSPS) is 10.2. The zero-order chi connectivity index (χ0) is 12.8. The van der Waals surface area contributed by atoms with Gasteiger partial charge in [0.05, 0.1) is 19.8 Å². The molecule has 0 aromatic heterocycles. The topological polar surface area (TPSA) is 72.8 Å². The average molecular weight is 236 g/mol. The smallest absolute Gasteiger partial charge is 0.328 e. The van der Waals surface area contributed by atoms with Crippen molar-refractivity contribution in [2.24, 2.45) is 0 Å². The molecule has 0 aliphatic rings. The first kappa shape index (κ1) is 12.8. The van der Waals surface area contributed by atoms with Gasteiger partial charge in [0.2, 0.25) is 0 Å². The first-order valence-corrected chi connectivity index (χ1v) is 4.74. The van der Waals surface area contributed by atoms with Crippen LogP contribution in [-0.4, -0.2) is 31.6 Å². The standard InChI is InChI=1S/C12H12O5/c1-16-10-5-8(7-13)6-11(17-2)9(10)3-4-12(14)15/h3-7H,1-2H3,(H,14,15)/b4-3+. The van der Waals surface area contributed by atoms with Crippen molar-refractivity contribution in [1.82, 2.24) is 0 Å². The van der Waals surface area contributed by atoms with Crippen molar-refractivity contribution in [2.75, 3.05) is 14.2 Å². The second-order valence-electron chi connectivity index (χ2n) is 3.13. The molecule has 0 atom stereocenters. The molecule has 0 spiro atoms. The maximum Gasteiger partial charge on any atom is 0.328 e. The van der Waals surface area contributed by atoms with E-state index >= 15 is 0 Å². The molecule has 0 aliphatic heterocycles. The molecule has 0 radical (unpaired) electrons. The van der Waals surface area contributed by atoms with Crippen LogP contribution in [0.2, 0.25) is 0 Å². The number of rotatable bonds is 5. The van der Waals surface area contributed by atoms with Crippen LogP contribution in [-0.2, 0) is 4.79 Å². The molecule has 0 heterocycles. The fraction of sp³-hybridized carbons (Fsp3) is 0.167.